The molecule has 0 unspecified atom stereocenters. The Morgan fingerprint density at radius 2 is 1.78 bits per heavy atom. The van der Waals surface area contributed by atoms with Crippen LogP contribution in [0.5, 0.6) is 5.75 Å². The molecule has 0 heterocycles. The molecule has 32 heavy (non-hydrogen) atoms. The van der Waals surface area contributed by atoms with E-state index in [2.05, 4.69) is 15.2 Å². The molecule has 3 aromatic rings. The Morgan fingerprint density at radius 1 is 1.06 bits per heavy atom. The molecule has 0 amide bonds. The predicted octanol–water partition coefficient (Wildman–Crippen LogP) is 5.16. The second-order valence-electron chi connectivity index (χ2n) is 6.31. The van der Waals surface area contributed by atoms with E-state index >= 15 is 0 Å². The molecule has 12 heteroatoms. The number of nitro groups is 1. The number of ether oxygens (including phenoxy) is 1. The lowest BCUT2D eigenvalue weighted by Gasteiger charge is -2.12. The molecular formula is C20H16Cl2N4O5S. The van der Waals surface area contributed by atoms with Crippen molar-refractivity contribution in [3.05, 3.63) is 86.4 Å². The molecule has 2 N–H and O–H groups in total. The third-order valence-corrected chi connectivity index (χ3v) is 6.14. The molecule has 9 nitrogen and oxygen atoms in total. The van der Waals surface area contributed by atoms with Crippen molar-refractivity contribution in [3.63, 3.8) is 0 Å². The van der Waals surface area contributed by atoms with E-state index in [1.165, 1.54) is 43.7 Å². The summed E-state index contributed by atoms with van der Waals surface area (Å²) >= 11 is 12.0. The normalized spacial score (nSPS) is 11.3. The molecule has 0 atom stereocenters. The number of sulfonamides is 1. The molecule has 0 spiro atoms. The van der Waals surface area contributed by atoms with Gasteiger partial charge in [0.2, 0.25) is 0 Å². The van der Waals surface area contributed by atoms with E-state index in [-0.39, 0.29) is 16.3 Å². The van der Waals surface area contributed by atoms with Gasteiger partial charge in [-0.2, -0.15) is 5.10 Å². The van der Waals surface area contributed by atoms with Gasteiger partial charge in [-0.25, -0.2) is 8.42 Å². The van der Waals surface area contributed by atoms with Crippen LogP contribution in [0.15, 0.2) is 70.7 Å². The number of nitrogens with zero attached hydrogens (tertiary/aromatic N) is 2. The fraction of sp³-hybridized carbons (Fsp3) is 0.0500. The molecular weight excluding hydrogens is 479 g/mol. The van der Waals surface area contributed by atoms with Gasteiger partial charge in [-0.05, 0) is 42.5 Å². The Balaban J connectivity index is 1.92. The summed E-state index contributed by atoms with van der Waals surface area (Å²) in [6, 6.07) is 14.3. The van der Waals surface area contributed by atoms with E-state index in [1.807, 2.05) is 0 Å². The molecule has 166 valence electrons. The lowest BCUT2D eigenvalue weighted by Crippen LogP contribution is -2.15. The third-order valence-electron chi connectivity index (χ3n) is 4.16. The highest BCUT2D eigenvalue weighted by atomic mass is 35.5. The van der Waals surface area contributed by atoms with Crippen LogP contribution in [0.1, 0.15) is 5.56 Å². The summed E-state index contributed by atoms with van der Waals surface area (Å²) in [6.07, 6.45) is 1.37. The minimum absolute atomic E-state index is 0.0259. The smallest absolute Gasteiger partial charge is 0.270 e. The highest BCUT2D eigenvalue weighted by Gasteiger charge is 2.22. The van der Waals surface area contributed by atoms with Crippen LogP contribution in [-0.2, 0) is 10.0 Å². The van der Waals surface area contributed by atoms with Crippen molar-refractivity contribution in [1.29, 1.82) is 0 Å². The second-order valence-corrected chi connectivity index (χ2v) is 8.80. The van der Waals surface area contributed by atoms with E-state index in [9.17, 15) is 18.5 Å². The second kappa shape index (κ2) is 9.86. The van der Waals surface area contributed by atoms with Crippen molar-refractivity contribution >= 4 is 56.5 Å². The Morgan fingerprint density at radius 3 is 2.41 bits per heavy atom. The SMILES string of the molecule is COc1ccc(NS(=O)(=O)c2cc([N+](=O)[O-])ccc2N/N=C/c2ccc(Cl)cc2Cl)cc1. The van der Waals surface area contributed by atoms with Gasteiger partial charge in [0.15, 0.2) is 0 Å². The van der Waals surface area contributed by atoms with Crippen LogP contribution < -0.4 is 14.9 Å². The minimum Gasteiger partial charge on any atom is -0.497 e. The first-order valence-corrected chi connectivity index (χ1v) is 11.1. The zero-order valence-corrected chi connectivity index (χ0v) is 18.8. The average molecular weight is 495 g/mol. The zero-order valence-electron chi connectivity index (χ0n) is 16.5. The summed E-state index contributed by atoms with van der Waals surface area (Å²) in [7, 11) is -2.72. The quantitative estimate of drug-likeness (QED) is 0.253. The van der Waals surface area contributed by atoms with E-state index < -0.39 is 20.6 Å². The molecule has 0 radical (unpaired) electrons. The number of nitrogens with one attached hydrogen (secondary N) is 2. The lowest BCUT2D eigenvalue weighted by atomic mass is 10.2. The Hall–Kier alpha value is -3.34. The van der Waals surface area contributed by atoms with Crippen molar-refractivity contribution in [3.8, 4) is 5.75 Å². The van der Waals surface area contributed by atoms with Crippen LogP contribution >= 0.6 is 23.2 Å². The Bertz CT molecular complexity index is 1280. The van der Waals surface area contributed by atoms with Crippen molar-refractivity contribution in [2.75, 3.05) is 17.3 Å². The third kappa shape index (κ3) is 5.67. The molecule has 0 bridgehead atoms. The summed E-state index contributed by atoms with van der Waals surface area (Å²) in [5.74, 6) is 0.542. The topological polar surface area (TPSA) is 123 Å². The maximum Gasteiger partial charge on any atom is 0.270 e. The highest BCUT2D eigenvalue weighted by molar-refractivity contribution is 7.92. The molecule has 3 aromatic carbocycles. The first kappa shape index (κ1) is 23.3. The van der Waals surface area contributed by atoms with Crippen LogP contribution in [-0.4, -0.2) is 26.7 Å². The zero-order chi connectivity index (χ0) is 23.3. The number of hydrogen-bond acceptors (Lipinski definition) is 7. The monoisotopic (exact) mass is 494 g/mol. The standard InChI is InChI=1S/C20H16Cl2N4O5S/c1-31-17-7-4-15(5-8-17)25-32(29,30)20-11-16(26(27)28)6-9-19(20)24-23-12-13-2-3-14(21)10-18(13)22/h2-12,24-25H,1H3/b23-12+. The van der Waals surface area contributed by atoms with Crippen molar-refractivity contribution in [1.82, 2.24) is 0 Å². The largest absolute Gasteiger partial charge is 0.497 e. The van der Waals surface area contributed by atoms with Gasteiger partial charge in [-0.3, -0.25) is 20.3 Å². The van der Waals surface area contributed by atoms with E-state index in [4.69, 9.17) is 27.9 Å². The van der Waals surface area contributed by atoms with Gasteiger partial charge in [0, 0.05) is 28.4 Å². The van der Waals surface area contributed by atoms with Gasteiger partial charge in [0.1, 0.15) is 10.6 Å². The number of hydrazone groups is 1. The van der Waals surface area contributed by atoms with Crippen LogP contribution in [0.4, 0.5) is 17.1 Å². The number of rotatable bonds is 8. The predicted molar refractivity (Wildman–Crippen MR) is 125 cm³/mol. The maximum absolute atomic E-state index is 13.0. The first-order chi connectivity index (χ1) is 15.2. The first-order valence-electron chi connectivity index (χ1n) is 8.89. The fourth-order valence-electron chi connectivity index (χ4n) is 2.59. The molecule has 3 rings (SSSR count). The molecule has 0 aromatic heterocycles. The molecule has 0 saturated carbocycles. The van der Waals surface area contributed by atoms with Crippen molar-refractivity contribution < 1.29 is 18.1 Å². The van der Waals surface area contributed by atoms with Gasteiger partial charge in [0.05, 0.1) is 29.0 Å². The minimum atomic E-state index is -4.20. The Kier molecular flexibility index (Phi) is 7.18. The molecule has 0 fully saturated rings. The number of hydrogen-bond donors (Lipinski definition) is 2. The molecule has 0 saturated heterocycles. The summed E-state index contributed by atoms with van der Waals surface area (Å²) in [6.45, 7) is 0. The van der Waals surface area contributed by atoms with Crippen LogP contribution in [0.25, 0.3) is 0 Å². The van der Waals surface area contributed by atoms with Crippen molar-refractivity contribution in [2.45, 2.75) is 4.90 Å². The number of non-ortho nitro benzene ring substituents is 1. The summed E-state index contributed by atoms with van der Waals surface area (Å²) in [5.41, 5.74) is 3.01. The van der Waals surface area contributed by atoms with Crippen LogP contribution in [0, 0.1) is 10.1 Å². The van der Waals surface area contributed by atoms with E-state index in [0.29, 0.717) is 21.4 Å². The number of benzene rings is 3. The van der Waals surface area contributed by atoms with Crippen LogP contribution in [0.3, 0.4) is 0 Å². The highest BCUT2D eigenvalue weighted by Crippen LogP contribution is 2.29. The van der Waals surface area contributed by atoms with E-state index in [0.717, 1.165) is 6.07 Å². The number of nitro benzene ring substituents is 1. The number of halogens is 2. The van der Waals surface area contributed by atoms with E-state index in [1.54, 1.807) is 24.3 Å². The number of anilines is 2. The van der Waals surface area contributed by atoms with Crippen molar-refractivity contribution in [2.24, 2.45) is 5.10 Å². The molecule has 0 aliphatic carbocycles. The summed E-state index contributed by atoms with van der Waals surface area (Å²) in [4.78, 5) is 10.1. The average Bonchev–Trinajstić information content (AvgIpc) is 2.75. The van der Waals surface area contributed by atoms with Gasteiger partial charge in [-0.15, -0.1) is 0 Å². The lowest BCUT2D eigenvalue weighted by molar-refractivity contribution is -0.385. The summed E-state index contributed by atoms with van der Waals surface area (Å²) < 4.78 is 33.4. The van der Waals surface area contributed by atoms with Gasteiger partial charge in [0.25, 0.3) is 15.7 Å². The maximum atomic E-state index is 13.0. The molecule has 0 aliphatic rings. The molecule has 0 aliphatic heterocycles. The Labute approximate surface area is 193 Å². The van der Waals surface area contributed by atoms with Crippen LogP contribution in [0.2, 0.25) is 10.0 Å². The van der Waals surface area contributed by atoms with Gasteiger partial charge < -0.3 is 4.74 Å². The fourth-order valence-corrected chi connectivity index (χ4v) is 4.28. The van der Waals surface area contributed by atoms with Gasteiger partial charge >= 0.3 is 0 Å². The van der Waals surface area contributed by atoms with Gasteiger partial charge in [-0.1, -0.05) is 29.3 Å². The number of methoxy groups -OCH3 is 1. The summed E-state index contributed by atoms with van der Waals surface area (Å²) in [5, 5.41) is 16.0.